The number of hydrogen-bond donors (Lipinski definition) is 0. The highest BCUT2D eigenvalue weighted by molar-refractivity contribution is 6.30. The molecule has 0 radical (unpaired) electrons. The molecule has 3 nitrogen and oxygen atoms in total. The number of esters is 1. The molecule has 3 aromatic rings. The zero-order chi connectivity index (χ0) is 21.1. The van der Waals surface area contributed by atoms with Crippen LogP contribution in [-0.4, -0.2) is 23.5 Å². The molecule has 0 fully saturated rings. The Bertz CT molecular complexity index is 1030. The molecule has 0 N–H and O–H groups in total. The minimum Gasteiger partial charge on any atom is -0.459 e. The van der Waals surface area contributed by atoms with Crippen molar-refractivity contribution in [1.82, 2.24) is 4.90 Å². The monoisotopic (exact) mass is 419 g/mol. The van der Waals surface area contributed by atoms with Crippen LogP contribution in [0.1, 0.15) is 52.5 Å². The summed E-state index contributed by atoms with van der Waals surface area (Å²) in [5, 5.41) is 0.733. The van der Waals surface area contributed by atoms with Crippen molar-refractivity contribution in [2.75, 3.05) is 6.54 Å². The van der Waals surface area contributed by atoms with Crippen molar-refractivity contribution in [1.29, 1.82) is 0 Å². The number of halogens is 1. The Hall–Kier alpha value is -2.62. The Balaban J connectivity index is 1.70. The topological polar surface area (TPSA) is 29.5 Å². The Kier molecular flexibility index (Phi) is 6.21. The van der Waals surface area contributed by atoms with E-state index in [0.717, 1.165) is 23.6 Å². The van der Waals surface area contributed by atoms with Gasteiger partial charge < -0.3 is 4.74 Å². The van der Waals surface area contributed by atoms with Crippen molar-refractivity contribution in [3.05, 3.63) is 106 Å². The van der Waals surface area contributed by atoms with Gasteiger partial charge in [-0.2, -0.15) is 0 Å². The third kappa shape index (κ3) is 4.43. The van der Waals surface area contributed by atoms with Gasteiger partial charge in [0.2, 0.25) is 0 Å². The number of benzene rings is 3. The standard InChI is InChI=1S/C26H26ClNO2/c1-18(2)30-26(29)24-10-6-4-8-21(24)17-28-16-15-19-7-3-5-9-23(19)25(28)20-11-13-22(27)14-12-20/h3-14,18,25H,15-17H2,1-2H3. The number of carbonyl (C=O) groups is 1. The number of fused-ring (bicyclic) bond motifs is 1. The number of ether oxygens (including phenoxy) is 1. The second-order valence-electron chi connectivity index (χ2n) is 7.98. The predicted octanol–water partition coefficient (Wildman–Crippen LogP) is 6.05. The van der Waals surface area contributed by atoms with Crippen LogP contribution >= 0.6 is 11.6 Å². The van der Waals surface area contributed by atoms with E-state index in [1.165, 1.54) is 16.7 Å². The van der Waals surface area contributed by atoms with E-state index in [1.807, 2.05) is 50.2 Å². The Morgan fingerprint density at radius 2 is 1.73 bits per heavy atom. The molecule has 4 heteroatoms. The van der Waals surface area contributed by atoms with Gasteiger partial charge in [0.25, 0.3) is 0 Å². The first-order chi connectivity index (χ1) is 14.5. The van der Waals surface area contributed by atoms with E-state index in [1.54, 1.807) is 0 Å². The normalized spacial score (nSPS) is 16.3. The van der Waals surface area contributed by atoms with Gasteiger partial charge in [0.15, 0.2) is 0 Å². The number of carbonyl (C=O) groups excluding carboxylic acids is 1. The summed E-state index contributed by atoms with van der Waals surface area (Å²) in [5.41, 5.74) is 5.52. The van der Waals surface area contributed by atoms with Gasteiger partial charge in [-0.1, -0.05) is 66.2 Å². The third-order valence-corrected chi connectivity index (χ3v) is 5.77. The molecule has 30 heavy (non-hydrogen) atoms. The van der Waals surface area contributed by atoms with Crippen molar-refractivity contribution in [3.63, 3.8) is 0 Å². The van der Waals surface area contributed by atoms with Crippen LogP contribution < -0.4 is 0 Å². The van der Waals surface area contributed by atoms with E-state index in [-0.39, 0.29) is 18.1 Å². The molecule has 0 aliphatic carbocycles. The molecule has 1 aliphatic heterocycles. The van der Waals surface area contributed by atoms with Crippen LogP contribution in [0.2, 0.25) is 5.02 Å². The first-order valence-electron chi connectivity index (χ1n) is 10.4. The van der Waals surface area contributed by atoms with Gasteiger partial charge in [-0.25, -0.2) is 4.79 Å². The van der Waals surface area contributed by atoms with Crippen molar-refractivity contribution < 1.29 is 9.53 Å². The second kappa shape index (κ2) is 9.03. The van der Waals surface area contributed by atoms with E-state index >= 15 is 0 Å². The minimum atomic E-state index is -0.263. The molecule has 1 unspecified atom stereocenters. The van der Waals surface area contributed by atoms with Gasteiger partial charge in [-0.05, 0) is 60.7 Å². The molecule has 0 spiro atoms. The maximum absolute atomic E-state index is 12.6. The fourth-order valence-corrected chi connectivity index (χ4v) is 4.30. The molecular weight excluding hydrogens is 394 g/mol. The molecule has 0 bridgehead atoms. The summed E-state index contributed by atoms with van der Waals surface area (Å²) in [7, 11) is 0. The zero-order valence-corrected chi connectivity index (χ0v) is 18.1. The highest BCUT2D eigenvalue weighted by Crippen LogP contribution is 2.36. The summed E-state index contributed by atoms with van der Waals surface area (Å²) in [5.74, 6) is -0.263. The van der Waals surface area contributed by atoms with Crippen LogP contribution in [0.15, 0.2) is 72.8 Å². The number of nitrogens with zero attached hydrogens (tertiary/aromatic N) is 1. The summed E-state index contributed by atoms with van der Waals surface area (Å²) in [6, 6.07) is 24.6. The van der Waals surface area contributed by atoms with E-state index in [9.17, 15) is 4.79 Å². The summed E-state index contributed by atoms with van der Waals surface area (Å²) in [4.78, 5) is 15.1. The van der Waals surface area contributed by atoms with Crippen LogP contribution in [0.5, 0.6) is 0 Å². The quantitative estimate of drug-likeness (QED) is 0.471. The molecule has 4 rings (SSSR count). The Morgan fingerprint density at radius 3 is 2.50 bits per heavy atom. The molecule has 0 saturated heterocycles. The first kappa shape index (κ1) is 20.6. The molecule has 1 aliphatic rings. The average molecular weight is 420 g/mol. The third-order valence-electron chi connectivity index (χ3n) is 5.52. The fourth-order valence-electron chi connectivity index (χ4n) is 4.18. The molecule has 0 aromatic heterocycles. The lowest BCUT2D eigenvalue weighted by Crippen LogP contribution is -2.36. The van der Waals surface area contributed by atoms with Crippen LogP contribution in [0.25, 0.3) is 0 Å². The molecular formula is C26H26ClNO2. The fraction of sp³-hybridized carbons (Fsp3) is 0.269. The summed E-state index contributed by atoms with van der Waals surface area (Å²) in [6.07, 6.45) is 0.841. The predicted molar refractivity (Wildman–Crippen MR) is 121 cm³/mol. The molecule has 154 valence electrons. The highest BCUT2D eigenvalue weighted by Gasteiger charge is 2.29. The maximum atomic E-state index is 12.6. The zero-order valence-electron chi connectivity index (χ0n) is 17.3. The molecule has 1 heterocycles. The van der Waals surface area contributed by atoms with Gasteiger partial charge >= 0.3 is 5.97 Å². The van der Waals surface area contributed by atoms with Gasteiger partial charge in [0.05, 0.1) is 17.7 Å². The summed E-state index contributed by atoms with van der Waals surface area (Å²) in [6.45, 7) is 5.33. The lowest BCUT2D eigenvalue weighted by Gasteiger charge is -2.38. The molecule has 3 aromatic carbocycles. The number of hydrogen-bond acceptors (Lipinski definition) is 3. The Morgan fingerprint density at radius 1 is 1.03 bits per heavy atom. The summed E-state index contributed by atoms with van der Waals surface area (Å²) >= 11 is 6.15. The van der Waals surface area contributed by atoms with Crippen molar-refractivity contribution in [2.45, 2.75) is 39.0 Å². The summed E-state index contributed by atoms with van der Waals surface area (Å²) < 4.78 is 5.47. The Labute approximate surface area is 183 Å². The SMILES string of the molecule is CC(C)OC(=O)c1ccccc1CN1CCc2ccccc2C1c1ccc(Cl)cc1. The van der Waals surface area contributed by atoms with Gasteiger partial charge in [0, 0.05) is 18.1 Å². The average Bonchev–Trinajstić information content (AvgIpc) is 2.74. The van der Waals surface area contributed by atoms with Crippen molar-refractivity contribution >= 4 is 17.6 Å². The highest BCUT2D eigenvalue weighted by atomic mass is 35.5. The smallest absolute Gasteiger partial charge is 0.338 e. The maximum Gasteiger partial charge on any atom is 0.338 e. The van der Waals surface area contributed by atoms with Crippen LogP contribution in [0.4, 0.5) is 0 Å². The molecule has 1 atom stereocenters. The first-order valence-corrected chi connectivity index (χ1v) is 10.8. The molecule has 0 amide bonds. The van der Waals surface area contributed by atoms with Crippen molar-refractivity contribution in [2.24, 2.45) is 0 Å². The largest absolute Gasteiger partial charge is 0.459 e. The van der Waals surface area contributed by atoms with Gasteiger partial charge in [-0.3, -0.25) is 4.90 Å². The van der Waals surface area contributed by atoms with E-state index in [0.29, 0.717) is 12.1 Å². The lowest BCUT2D eigenvalue weighted by atomic mass is 9.87. The second-order valence-corrected chi connectivity index (χ2v) is 8.42. The van der Waals surface area contributed by atoms with Crippen LogP contribution in [0, 0.1) is 0 Å². The number of rotatable bonds is 5. The van der Waals surface area contributed by atoms with E-state index in [2.05, 4.69) is 41.3 Å². The van der Waals surface area contributed by atoms with Crippen molar-refractivity contribution in [3.8, 4) is 0 Å². The van der Waals surface area contributed by atoms with Crippen LogP contribution in [0.3, 0.4) is 0 Å². The lowest BCUT2D eigenvalue weighted by molar-refractivity contribution is 0.0375. The van der Waals surface area contributed by atoms with E-state index < -0.39 is 0 Å². The minimum absolute atomic E-state index is 0.112. The van der Waals surface area contributed by atoms with E-state index in [4.69, 9.17) is 16.3 Å². The van der Waals surface area contributed by atoms with Crippen LogP contribution in [-0.2, 0) is 17.7 Å². The van der Waals surface area contributed by atoms with Gasteiger partial charge in [0.1, 0.15) is 0 Å². The molecule has 0 saturated carbocycles. The van der Waals surface area contributed by atoms with Gasteiger partial charge in [-0.15, -0.1) is 0 Å².